The van der Waals surface area contributed by atoms with Crippen LogP contribution in [-0.4, -0.2) is 38.8 Å². The minimum absolute atomic E-state index is 0.175. The van der Waals surface area contributed by atoms with E-state index in [9.17, 15) is 13.2 Å². The molecule has 0 saturated heterocycles. The first-order valence-corrected chi connectivity index (χ1v) is 11.9. The summed E-state index contributed by atoms with van der Waals surface area (Å²) in [6.07, 6.45) is 0.336. The maximum Gasteiger partial charge on any atom is 0.253 e. The number of nitrogens with one attached hydrogen (secondary N) is 1. The van der Waals surface area contributed by atoms with Crippen molar-refractivity contribution in [1.29, 1.82) is 0 Å². The zero-order valence-electron chi connectivity index (χ0n) is 16.8. The van der Waals surface area contributed by atoms with E-state index in [1.54, 1.807) is 17.5 Å². The number of fused-ring (bicyclic) bond motifs is 1. The number of sulfonamides is 1. The third-order valence-electron chi connectivity index (χ3n) is 5.22. The SMILES string of the molecule is CN(C)c1ccc(NC(=O)[C@H]2Cc3ccccc3CN2S(=O)(=O)c2cccs2)cc1. The second-order valence-corrected chi connectivity index (χ2v) is 10.5. The summed E-state index contributed by atoms with van der Waals surface area (Å²) in [6.45, 7) is 0.175. The molecule has 1 amide bonds. The fraction of sp³-hybridized carbons (Fsp3) is 0.227. The van der Waals surface area contributed by atoms with Crippen molar-refractivity contribution in [2.75, 3.05) is 24.3 Å². The van der Waals surface area contributed by atoms with Crippen LogP contribution < -0.4 is 10.2 Å². The van der Waals surface area contributed by atoms with Crippen LogP contribution in [0.15, 0.2) is 70.3 Å². The molecule has 30 heavy (non-hydrogen) atoms. The molecule has 0 spiro atoms. The van der Waals surface area contributed by atoms with E-state index in [-0.39, 0.29) is 16.7 Å². The quantitative estimate of drug-likeness (QED) is 0.657. The van der Waals surface area contributed by atoms with Gasteiger partial charge in [0.25, 0.3) is 10.0 Å². The molecule has 1 aliphatic rings. The first kappa shape index (κ1) is 20.6. The number of carbonyl (C=O) groups is 1. The Morgan fingerprint density at radius 3 is 2.37 bits per heavy atom. The number of thiophene rings is 1. The molecule has 0 aliphatic carbocycles. The van der Waals surface area contributed by atoms with Crippen molar-refractivity contribution < 1.29 is 13.2 Å². The largest absolute Gasteiger partial charge is 0.378 e. The number of hydrogen-bond donors (Lipinski definition) is 1. The number of hydrogen-bond acceptors (Lipinski definition) is 5. The van der Waals surface area contributed by atoms with Crippen molar-refractivity contribution >= 4 is 38.6 Å². The fourth-order valence-electron chi connectivity index (χ4n) is 3.57. The van der Waals surface area contributed by atoms with E-state index >= 15 is 0 Å². The Hall–Kier alpha value is -2.68. The van der Waals surface area contributed by atoms with E-state index in [4.69, 9.17) is 0 Å². The first-order valence-electron chi connectivity index (χ1n) is 9.56. The van der Waals surface area contributed by atoms with E-state index in [0.29, 0.717) is 12.1 Å². The zero-order chi connectivity index (χ0) is 21.3. The van der Waals surface area contributed by atoms with Gasteiger partial charge in [0.1, 0.15) is 10.3 Å². The van der Waals surface area contributed by atoms with Gasteiger partial charge in [-0.05, 0) is 53.3 Å². The Bertz CT molecular complexity index is 1140. The van der Waals surface area contributed by atoms with Crippen LogP contribution in [0.2, 0.25) is 0 Å². The molecule has 0 fully saturated rings. The van der Waals surface area contributed by atoms with E-state index < -0.39 is 16.1 Å². The summed E-state index contributed by atoms with van der Waals surface area (Å²) >= 11 is 1.16. The molecule has 6 nitrogen and oxygen atoms in total. The van der Waals surface area contributed by atoms with Crippen LogP contribution >= 0.6 is 11.3 Å². The highest BCUT2D eigenvalue weighted by molar-refractivity contribution is 7.91. The van der Waals surface area contributed by atoms with Gasteiger partial charge in [0, 0.05) is 32.0 Å². The number of anilines is 2. The van der Waals surface area contributed by atoms with Gasteiger partial charge < -0.3 is 10.2 Å². The van der Waals surface area contributed by atoms with Crippen LogP contribution in [-0.2, 0) is 27.8 Å². The van der Waals surface area contributed by atoms with Crippen LogP contribution in [0.4, 0.5) is 11.4 Å². The maximum absolute atomic E-state index is 13.3. The molecule has 3 aromatic rings. The van der Waals surface area contributed by atoms with Gasteiger partial charge in [0.2, 0.25) is 5.91 Å². The summed E-state index contributed by atoms with van der Waals surface area (Å²) in [5, 5.41) is 4.62. The van der Waals surface area contributed by atoms with Crippen molar-refractivity contribution in [3.05, 3.63) is 77.2 Å². The Kier molecular flexibility index (Phi) is 5.64. The number of carbonyl (C=O) groups excluding carboxylic acids is 1. The highest BCUT2D eigenvalue weighted by atomic mass is 32.2. The van der Waals surface area contributed by atoms with Gasteiger partial charge in [-0.2, -0.15) is 4.31 Å². The molecule has 0 unspecified atom stereocenters. The Balaban J connectivity index is 1.65. The summed E-state index contributed by atoms with van der Waals surface area (Å²) in [4.78, 5) is 15.2. The number of amides is 1. The zero-order valence-corrected chi connectivity index (χ0v) is 18.4. The third-order valence-corrected chi connectivity index (χ3v) is 8.45. The molecule has 0 radical (unpaired) electrons. The number of benzene rings is 2. The van der Waals surface area contributed by atoms with Crippen molar-refractivity contribution in [3.8, 4) is 0 Å². The van der Waals surface area contributed by atoms with Gasteiger partial charge in [0.05, 0.1) is 0 Å². The summed E-state index contributed by atoms with van der Waals surface area (Å²) < 4.78 is 28.2. The summed E-state index contributed by atoms with van der Waals surface area (Å²) in [7, 11) is 0.108. The Labute approximate surface area is 180 Å². The van der Waals surface area contributed by atoms with Crippen molar-refractivity contribution in [2.45, 2.75) is 23.2 Å². The fourth-order valence-corrected chi connectivity index (χ4v) is 6.25. The predicted octanol–water partition coefficient (Wildman–Crippen LogP) is 3.57. The molecule has 156 valence electrons. The monoisotopic (exact) mass is 441 g/mol. The standard InChI is InChI=1S/C22H23N3O3S2/c1-24(2)19-11-9-18(10-12-19)23-22(26)20-14-16-6-3-4-7-17(16)15-25(20)30(27,28)21-8-5-13-29-21/h3-13,20H,14-15H2,1-2H3,(H,23,26)/t20-/m1/s1. The minimum atomic E-state index is -3.78. The number of rotatable bonds is 5. The van der Waals surface area contributed by atoms with Gasteiger partial charge in [-0.15, -0.1) is 11.3 Å². The number of nitrogens with zero attached hydrogens (tertiary/aromatic N) is 2. The molecule has 4 rings (SSSR count). The van der Waals surface area contributed by atoms with Gasteiger partial charge in [0.15, 0.2) is 0 Å². The van der Waals surface area contributed by atoms with Gasteiger partial charge in [-0.25, -0.2) is 8.42 Å². The van der Waals surface area contributed by atoms with Gasteiger partial charge in [-0.1, -0.05) is 30.3 Å². The van der Waals surface area contributed by atoms with Crippen molar-refractivity contribution in [3.63, 3.8) is 0 Å². The van der Waals surface area contributed by atoms with E-state index in [1.165, 1.54) is 4.31 Å². The van der Waals surface area contributed by atoms with Crippen LogP contribution in [0.25, 0.3) is 0 Å². The molecule has 8 heteroatoms. The molecule has 2 heterocycles. The Morgan fingerprint density at radius 2 is 1.73 bits per heavy atom. The van der Waals surface area contributed by atoms with Crippen LogP contribution in [0.3, 0.4) is 0 Å². The van der Waals surface area contributed by atoms with Crippen LogP contribution in [0, 0.1) is 0 Å². The van der Waals surface area contributed by atoms with E-state index in [0.717, 1.165) is 28.2 Å². The maximum atomic E-state index is 13.3. The molecule has 1 atom stereocenters. The lowest BCUT2D eigenvalue weighted by Crippen LogP contribution is -2.50. The van der Waals surface area contributed by atoms with Crippen LogP contribution in [0.1, 0.15) is 11.1 Å². The predicted molar refractivity (Wildman–Crippen MR) is 120 cm³/mol. The lowest BCUT2D eigenvalue weighted by Gasteiger charge is -2.34. The van der Waals surface area contributed by atoms with E-state index in [2.05, 4.69) is 5.32 Å². The lowest BCUT2D eigenvalue weighted by atomic mass is 9.95. The van der Waals surface area contributed by atoms with E-state index in [1.807, 2.05) is 67.5 Å². The molecule has 1 N–H and O–H groups in total. The minimum Gasteiger partial charge on any atom is -0.378 e. The average Bonchev–Trinajstić information content (AvgIpc) is 3.29. The van der Waals surface area contributed by atoms with Gasteiger partial charge >= 0.3 is 0 Å². The first-order chi connectivity index (χ1) is 14.4. The van der Waals surface area contributed by atoms with Crippen molar-refractivity contribution in [1.82, 2.24) is 4.31 Å². The van der Waals surface area contributed by atoms with Crippen LogP contribution in [0.5, 0.6) is 0 Å². The topological polar surface area (TPSA) is 69.7 Å². The molecule has 2 aromatic carbocycles. The molecule has 0 bridgehead atoms. The Morgan fingerprint density at radius 1 is 1.03 bits per heavy atom. The molecule has 0 saturated carbocycles. The summed E-state index contributed by atoms with van der Waals surface area (Å²) in [6, 6.07) is 17.6. The molecular weight excluding hydrogens is 418 g/mol. The summed E-state index contributed by atoms with van der Waals surface area (Å²) in [5.74, 6) is -0.331. The molecule has 1 aliphatic heterocycles. The smallest absolute Gasteiger partial charge is 0.253 e. The normalized spacial score (nSPS) is 16.7. The molecular formula is C22H23N3O3S2. The average molecular weight is 442 g/mol. The highest BCUT2D eigenvalue weighted by Crippen LogP contribution is 2.31. The second-order valence-electron chi connectivity index (χ2n) is 7.40. The van der Waals surface area contributed by atoms with Gasteiger partial charge in [-0.3, -0.25) is 4.79 Å². The summed E-state index contributed by atoms with van der Waals surface area (Å²) in [5.41, 5.74) is 3.58. The highest BCUT2D eigenvalue weighted by Gasteiger charge is 2.40. The third kappa shape index (κ3) is 3.98. The molecule has 1 aromatic heterocycles. The lowest BCUT2D eigenvalue weighted by molar-refractivity contribution is -0.120. The second kappa shape index (κ2) is 8.22. The van der Waals surface area contributed by atoms with Crippen molar-refractivity contribution in [2.24, 2.45) is 0 Å².